The standard InChI is InChI=1S/C21H25ClN2O/c1-23(2)10-5-11-24-14-17-6-3-4-7-19(17)21(15-24)13-16-8-9-18(22)12-20(16)25-21/h3-4,7-9,12,14H,5-6,10-11,13,15H2,1-2H3. The lowest BCUT2D eigenvalue weighted by Crippen LogP contribution is -2.50. The van der Waals surface area contributed by atoms with Crippen LogP contribution >= 0.6 is 11.6 Å². The predicted molar refractivity (Wildman–Crippen MR) is 103 cm³/mol. The van der Waals surface area contributed by atoms with E-state index in [0.29, 0.717) is 0 Å². The molecule has 1 spiro atoms. The summed E-state index contributed by atoms with van der Waals surface area (Å²) in [6, 6.07) is 6.03. The molecule has 0 amide bonds. The maximum atomic E-state index is 6.56. The third kappa shape index (κ3) is 3.23. The van der Waals surface area contributed by atoms with Crippen molar-refractivity contribution in [2.75, 3.05) is 33.7 Å². The molecule has 0 saturated carbocycles. The molecule has 4 rings (SSSR count). The number of hydrogen-bond donors (Lipinski definition) is 0. The van der Waals surface area contributed by atoms with Gasteiger partial charge in [0.25, 0.3) is 0 Å². The summed E-state index contributed by atoms with van der Waals surface area (Å²) in [7, 11) is 4.26. The fourth-order valence-corrected chi connectivity index (χ4v) is 4.28. The Morgan fingerprint density at radius 1 is 1.32 bits per heavy atom. The first kappa shape index (κ1) is 16.7. The summed E-state index contributed by atoms with van der Waals surface area (Å²) in [5.41, 5.74) is 3.71. The molecule has 0 aromatic heterocycles. The van der Waals surface area contributed by atoms with Crippen LogP contribution < -0.4 is 4.74 Å². The van der Waals surface area contributed by atoms with Gasteiger partial charge in [-0.05, 0) is 56.8 Å². The predicted octanol–water partition coefficient (Wildman–Crippen LogP) is 4.05. The molecule has 0 N–H and O–H groups in total. The van der Waals surface area contributed by atoms with Gasteiger partial charge < -0.3 is 14.5 Å². The largest absolute Gasteiger partial charge is 0.480 e. The minimum atomic E-state index is -0.278. The van der Waals surface area contributed by atoms with Crippen molar-refractivity contribution in [3.63, 3.8) is 0 Å². The van der Waals surface area contributed by atoms with Crippen molar-refractivity contribution in [3.05, 3.63) is 64.4 Å². The first-order valence-electron chi connectivity index (χ1n) is 9.00. The molecule has 1 unspecified atom stereocenters. The molecule has 0 fully saturated rings. The molecule has 0 bridgehead atoms. The number of rotatable bonds is 4. The molecule has 2 heterocycles. The Labute approximate surface area is 155 Å². The zero-order valence-electron chi connectivity index (χ0n) is 15.0. The number of fused-ring (bicyclic) bond motifs is 3. The van der Waals surface area contributed by atoms with Gasteiger partial charge in [-0.15, -0.1) is 0 Å². The van der Waals surface area contributed by atoms with Crippen LogP contribution in [0.5, 0.6) is 5.75 Å². The lowest BCUT2D eigenvalue weighted by molar-refractivity contribution is 0.0887. The van der Waals surface area contributed by atoms with Gasteiger partial charge in [0.1, 0.15) is 5.75 Å². The van der Waals surface area contributed by atoms with Crippen molar-refractivity contribution in [2.24, 2.45) is 0 Å². The fraction of sp³-hybridized carbons (Fsp3) is 0.429. The van der Waals surface area contributed by atoms with Gasteiger partial charge in [0, 0.05) is 29.8 Å². The quantitative estimate of drug-likeness (QED) is 0.809. The van der Waals surface area contributed by atoms with Crippen molar-refractivity contribution in [3.8, 4) is 5.75 Å². The van der Waals surface area contributed by atoms with E-state index in [2.05, 4.69) is 54.4 Å². The first-order valence-corrected chi connectivity index (χ1v) is 9.38. The molecular weight excluding hydrogens is 332 g/mol. The Morgan fingerprint density at radius 2 is 2.20 bits per heavy atom. The maximum Gasteiger partial charge on any atom is 0.156 e. The van der Waals surface area contributed by atoms with E-state index in [1.54, 1.807) is 0 Å². The summed E-state index contributed by atoms with van der Waals surface area (Å²) < 4.78 is 6.56. The number of allylic oxidation sites excluding steroid dienone is 3. The van der Waals surface area contributed by atoms with Gasteiger partial charge in [-0.1, -0.05) is 35.9 Å². The molecular formula is C21H25ClN2O. The van der Waals surface area contributed by atoms with Crippen LogP contribution in [0.1, 0.15) is 18.4 Å². The van der Waals surface area contributed by atoms with Gasteiger partial charge in [0.15, 0.2) is 5.60 Å². The lowest BCUT2D eigenvalue weighted by Gasteiger charge is -2.42. The second kappa shape index (κ2) is 6.54. The SMILES string of the molecule is CN(C)CCCN1C=C2CC=CC=C2C2(Cc3ccc(Cl)cc3O2)C1. The van der Waals surface area contributed by atoms with Crippen molar-refractivity contribution in [2.45, 2.75) is 24.9 Å². The highest BCUT2D eigenvalue weighted by molar-refractivity contribution is 6.30. The van der Waals surface area contributed by atoms with Crippen LogP contribution in [0.2, 0.25) is 5.02 Å². The summed E-state index contributed by atoms with van der Waals surface area (Å²) in [5.74, 6) is 0.942. The van der Waals surface area contributed by atoms with Gasteiger partial charge in [-0.2, -0.15) is 0 Å². The van der Waals surface area contributed by atoms with Gasteiger partial charge >= 0.3 is 0 Å². The third-order valence-electron chi connectivity index (χ3n) is 5.23. The van der Waals surface area contributed by atoms with Gasteiger partial charge in [0.05, 0.1) is 6.54 Å². The molecule has 1 aromatic rings. The summed E-state index contributed by atoms with van der Waals surface area (Å²) >= 11 is 6.18. The molecule has 2 aliphatic heterocycles. The van der Waals surface area contributed by atoms with E-state index in [-0.39, 0.29) is 5.60 Å². The number of nitrogens with zero attached hydrogens (tertiary/aromatic N) is 2. The van der Waals surface area contributed by atoms with Crippen LogP contribution in [0.25, 0.3) is 0 Å². The Kier molecular flexibility index (Phi) is 4.38. The van der Waals surface area contributed by atoms with Crippen LogP contribution in [0, 0.1) is 0 Å². The lowest BCUT2D eigenvalue weighted by atomic mass is 9.79. The average molecular weight is 357 g/mol. The van der Waals surface area contributed by atoms with Crippen LogP contribution in [0.4, 0.5) is 0 Å². The van der Waals surface area contributed by atoms with Gasteiger partial charge in [0.2, 0.25) is 0 Å². The normalized spacial score (nSPS) is 24.1. The molecule has 4 heteroatoms. The Morgan fingerprint density at radius 3 is 3.04 bits per heavy atom. The summed E-state index contributed by atoms with van der Waals surface area (Å²) in [5, 5.41) is 0.739. The summed E-state index contributed by atoms with van der Waals surface area (Å²) in [6.45, 7) is 3.06. The number of hydrogen-bond acceptors (Lipinski definition) is 3. The highest BCUT2D eigenvalue weighted by atomic mass is 35.5. The highest BCUT2D eigenvalue weighted by Gasteiger charge is 2.47. The van der Waals surface area contributed by atoms with E-state index in [1.807, 2.05) is 12.1 Å². The number of benzene rings is 1. The number of ether oxygens (including phenoxy) is 1. The van der Waals surface area contributed by atoms with Gasteiger partial charge in [-0.3, -0.25) is 0 Å². The molecule has 0 saturated heterocycles. The zero-order chi connectivity index (χ0) is 17.4. The van der Waals surface area contributed by atoms with Crippen molar-refractivity contribution < 1.29 is 4.74 Å². The molecule has 1 aromatic carbocycles. The molecule has 25 heavy (non-hydrogen) atoms. The van der Waals surface area contributed by atoms with E-state index >= 15 is 0 Å². The van der Waals surface area contributed by atoms with Crippen molar-refractivity contribution in [1.29, 1.82) is 0 Å². The molecule has 132 valence electrons. The minimum absolute atomic E-state index is 0.278. The first-order chi connectivity index (χ1) is 12.1. The number of halogens is 1. The summed E-state index contributed by atoms with van der Waals surface area (Å²) in [6.07, 6.45) is 12.0. The summed E-state index contributed by atoms with van der Waals surface area (Å²) in [4.78, 5) is 4.69. The van der Waals surface area contributed by atoms with Crippen LogP contribution in [-0.4, -0.2) is 49.1 Å². The molecule has 3 nitrogen and oxygen atoms in total. The van der Waals surface area contributed by atoms with E-state index < -0.39 is 0 Å². The topological polar surface area (TPSA) is 15.7 Å². The van der Waals surface area contributed by atoms with E-state index in [4.69, 9.17) is 16.3 Å². The monoisotopic (exact) mass is 356 g/mol. The van der Waals surface area contributed by atoms with E-state index in [9.17, 15) is 0 Å². The smallest absolute Gasteiger partial charge is 0.156 e. The Hall–Kier alpha value is -1.71. The molecule has 0 radical (unpaired) electrons. The van der Waals surface area contributed by atoms with Crippen LogP contribution in [0.15, 0.2) is 53.8 Å². The van der Waals surface area contributed by atoms with Crippen LogP contribution in [-0.2, 0) is 6.42 Å². The minimum Gasteiger partial charge on any atom is -0.480 e. The molecule has 1 atom stereocenters. The van der Waals surface area contributed by atoms with E-state index in [1.165, 1.54) is 16.7 Å². The second-order valence-electron chi connectivity index (χ2n) is 7.52. The maximum absolute atomic E-state index is 6.56. The van der Waals surface area contributed by atoms with Crippen molar-refractivity contribution in [1.82, 2.24) is 9.80 Å². The Bertz CT molecular complexity index is 765. The Balaban J connectivity index is 1.62. The molecule has 1 aliphatic carbocycles. The third-order valence-corrected chi connectivity index (χ3v) is 5.47. The fourth-order valence-electron chi connectivity index (χ4n) is 4.12. The zero-order valence-corrected chi connectivity index (χ0v) is 15.7. The second-order valence-corrected chi connectivity index (χ2v) is 7.96. The van der Waals surface area contributed by atoms with Crippen LogP contribution in [0.3, 0.4) is 0 Å². The van der Waals surface area contributed by atoms with Crippen molar-refractivity contribution >= 4 is 11.6 Å². The highest BCUT2D eigenvalue weighted by Crippen LogP contribution is 2.46. The molecule has 3 aliphatic rings. The van der Waals surface area contributed by atoms with Gasteiger partial charge in [-0.25, -0.2) is 0 Å². The average Bonchev–Trinajstić information content (AvgIpc) is 2.92. The van der Waals surface area contributed by atoms with E-state index in [0.717, 1.165) is 49.7 Å².